The molecule has 8 heteroatoms. The van der Waals surface area contributed by atoms with Crippen molar-refractivity contribution >= 4 is 28.3 Å². The van der Waals surface area contributed by atoms with Crippen LogP contribution in [-0.4, -0.2) is 39.4 Å². The van der Waals surface area contributed by atoms with E-state index in [9.17, 15) is 14.7 Å². The van der Waals surface area contributed by atoms with E-state index in [1.807, 2.05) is 0 Å². The van der Waals surface area contributed by atoms with Crippen LogP contribution in [0.2, 0.25) is 0 Å². The topological polar surface area (TPSA) is 101 Å². The summed E-state index contributed by atoms with van der Waals surface area (Å²) in [5.41, 5.74) is 0. The molecular formula is C11H11N3O4S. The highest BCUT2D eigenvalue weighted by molar-refractivity contribution is 7.15. The lowest BCUT2D eigenvalue weighted by atomic mass is 9.82. The van der Waals surface area contributed by atoms with E-state index in [2.05, 4.69) is 15.5 Å². The molecule has 0 aromatic carbocycles. The van der Waals surface area contributed by atoms with E-state index in [0.29, 0.717) is 5.13 Å². The molecule has 1 fully saturated rings. The lowest BCUT2D eigenvalue weighted by Gasteiger charge is -2.20. The van der Waals surface area contributed by atoms with Crippen molar-refractivity contribution in [2.24, 2.45) is 11.8 Å². The molecule has 0 unspecified atom stereocenters. The van der Waals surface area contributed by atoms with Gasteiger partial charge in [-0.05, 0) is 6.92 Å². The molecule has 1 saturated heterocycles. The van der Waals surface area contributed by atoms with E-state index in [1.165, 1.54) is 11.3 Å². The number of rotatable bonds is 3. The summed E-state index contributed by atoms with van der Waals surface area (Å²) in [6.07, 6.45) is 2.44. The van der Waals surface area contributed by atoms with Crippen LogP contribution in [-0.2, 0) is 14.3 Å². The third kappa shape index (κ3) is 2.02. The summed E-state index contributed by atoms with van der Waals surface area (Å²) in [6.45, 7) is 1.77. The van der Waals surface area contributed by atoms with Crippen molar-refractivity contribution in [3.8, 4) is 0 Å². The first-order chi connectivity index (χ1) is 9.06. The number of aryl methyl sites for hydroxylation is 1. The number of ether oxygens (including phenoxy) is 1. The zero-order chi connectivity index (χ0) is 13.6. The van der Waals surface area contributed by atoms with Gasteiger partial charge in [0.2, 0.25) is 11.0 Å². The Morgan fingerprint density at radius 1 is 1.32 bits per heavy atom. The van der Waals surface area contributed by atoms with E-state index in [4.69, 9.17) is 4.74 Å². The minimum absolute atomic E-state index is 0.374. The number of aliphatic carboxylic acids is 1. The lowest BCUT2D eigenvalue weighted by Crippen LogP contribution is -2.39. The number of carboxylic acids is 1. The van der Waals surface area contributed by atoms with Gasteiger partial charge < -0.3 is 15.2 Å². The van der Waals surface area contributed by atoms with E-state index in [1.54, 1.807) is 19.1 Å². The number of fused-ring (bicyclic) bond motifs is 2. The van der Waals surface area contributed by atoms with Crippen LogP contribution in [0.5, 0.6) is 0 Å². The summed E-state index contributed by atoms with van der Waals surface area (Å²) in [6, 6.07) is 0. The van der Waals surface area contributed by atoms with Crippen molar-refractivity contribution in [3.63, 3.8) is 0 Å². The molecule has 1 amide bonds. The molecule has 3 rings (SSSR count). The summed E-state index contributed by atoms with van der Waals surface area (Å²) in [7, 11) is 0. The van der Waals surface area contributed by atoms with Crippen LogP contribution in [0.15, 0.2) is 12.2 Å². The summed E-state index contributed by atoms with van der Waals surface area (Å²) in [5.74, 6) is -2.98. The number of anilines is 1. The smallest absolute Gasteiger partial charge is 0.310 e. The fourth-order valence-electron chi connectivity index (χ4n) is 2.45. The number of hydrogen-bond donors (Lipinski definition) is 2. The van der Waals surface area contributed by atoms with Gasteiger partial charge in [0.25, 0.3) is 0 Å². The molecule has 0 spiro atoms. The predicted octanol–water partition coefficient (Wildman–Crippen LogP) is 0.439. The van der Waals surface area contributed by atoms with Crippen molar-refractivity contribution in [2.75, 3.05) is 5.32 Å². The molecule has 0 aliphatic carbocycles. The second-order valence-electron chi connectivity index (χ2n) is 4.46. The Hall–Kier alpha value is -1.80. The van der Waals surface area contributed by atoms with Crippen molar-refractivity contribution in [1.82, 2.24) is 10.2 Å². The minimum atomic E-state index is -1.02. The Morgan fingerprint density at radius 2 is 2.00 bits per heavy atom. The van der Waals surface area contributed by atoms with Gasteiger partial charge in [-0.25, -0.2) is 0 Å². The molecule has 19 heavy (non-hydrogen) atoms. The highest BCUT2D eigenvalue weighted by Gasteiger charge is 2.53. The summed E-state index contributed by atoms with van der Waals surface area (Å²) < 4.78 is 5.44. The van der Waals surface area contributed by atoms with Gasteiger partial charge in [0, 0.05) is 0 Å². The second kappa shape index (κ2) is 4.39. The van der Waals surface area contributed by atoms with Crippen LogP contribution in [0.4, 0.5) is 5.13 Å². The van der Waals surface area contributed by atoms with Gasteiger partial charge >= 0.3 is 5.97 Å². The first-order valence-electron chi connectivity index (χ1n) is 5.74. The third-order valence-corrected chi connectivity index (χ3v) is 4.00. The van der Waals surface area contributed by atoms with Crippen LogP contribution >= 0.6 is 11.3 Å². The number of carbonyl (C=O) groups is 2. The largest absolute Gasteiger partial charge is 0.481 e. The number of aromatic nitrogens is 2. The van der Waals surface area contributed by atoms with Gasteiger partial charge in [0.15, 0.2) is 0 Å². The monoisotopic (exact) mass is 281 g/mol. The molecule has 2 aliphatic rings. The molecular weight excluding hydrogens is 270 g/mol. The SMILES string of the molecule is Cc1nnc(NC(=O)[C@H]2[C@@H](C(=O)O)[C@@H]3C=C[C@@H]2O3)s1. The number of carbonyl (C=O) groups excluding carboxylic acids is 1. The fraction of sp³-hybridized carbons (Fsp3) is 0.455. The molecule has 0 saturated carbocycles. The van der Waals surface area contributed by atoms with Gasteiger partial charge in [-0.1, -0.05) is 23.5 Å². The highest BCUT2D eigenvalue weighted by atomic mass is 32.1. The summed E-state index contributed by atoms with van der Waals surface area (Å²) in [5, 5.41) is 20.5. The predicted molar refractivity (Wildman–Crippen MR) is 65.7 cm³/mol. The number of nitrogens with one attached hydrogen (secondary N) is 1. The van der Waals surface area contributed by atoms with Gasteiger partial charge in [-0.3, -0.25) is 9.59 Å². The standard InChI is InChI=1S/C11H11N3O4S/c1-4-13-14-11(19-4)12-9(15)7-5-2-3-6(18-5)8(7)10(16)17/h2-3,5-8H,1H3,(H,16,17)(H,12,14,15)/t5-,6-,7+,8-/m0/s1. The average molecular weight is 281 g/mol. The third-order valence-electron chi connectivity index (χ3n) is 3.24. The van der Waals surface area contributed by atoms with Crippen LogP contribution in [0.3, 0.4) is 0 Å². The molecule has 2 aliphatic heterocycles. The maximum absolute atomic E-state index is 12.2. The highest BCUT2D eigenvalue weighted by Crippen LogP contribution is 2.39. The molecule has 7 nitrogen and oxygen atoms in total. The molecule has 3 heterocycles. The average Bonchev–Trinajstić information content (AvgIpc) is 3.03. The maximum Gasteiger partial charge on any atom is 0.310 e. The van der Waals surface area contributed by atoms with Crippen LogP contribution < -0.4 is 5.32 Å². The lowest BCUT2D eigenvalue weighted by molar-refractivity contribution is -0.145. The first kappa shape index (κ1) is 12.2. The molecule has 2 N–H and O–H groups in total. The van der Waals surface area contributed by atoms with Gasteiger partial charge in [0.1, 0.15) is 10.9 Å². The Morgan fingerprint density at radius 3 is 2.58 bits per heavy atom. The number of amides is 1. The Balaban J connectivity index is 1.79. The van der Waals surface area contributed by atoms with Crippen molar-refractivity contribution in [3.05, 3.63) is 17.2 Å². The minimum Gasteiger partial charge on any atom is -0.481 e. The molecule has 2 bridgehead atoms. The Kier molecular flexibility index (Phi) is 2.83. The van der Waals surface area contributed by atoms with E-state index >= 15 is 0 Å². The Bertz CT molecular complexity index is 570. The molecule has 4 atom stereocenters. The molecule has 0 radical (unpaired) electrons. The Labute approximate surface area is 112 Å². The van der Waals surface area contributed by atoms with E-state index in [0.717, 1.165) is 5.01 Å². The number of nitrogens with zero attached hydrogens (tertiary/aromatic N) is 2. The molecule has 1 aromatic rings. The van der Waals surface area contributed by atoms with E-state index < -0.39 is 30.0 Å². The van der Waals surface area contributed by atoms with Crippen molar-refractivity contribution in [2.45, 2.75) is 19.1 Å². The van der Waals surface area contributed by atoms with Gasteiger partial charge in [-0.2, -0.15) is 0 Å². The maximum atomic E-state index is 12.2. The van der Waals surface area contributed by atoms with Crippen LogP contribution in [0, 0.1) is 18.8 Å². The summed E-state index contributed by atoms with van der Waals surface area (Å²) >= 11 is 1.24. The van der Waals surface area contributed by atoms with Crippen molar-refractivity contribution in [1.29, 1.82) is 0 Å². The fourth-order valence-corrected chi connectivity index (χ4v) is 3.05. The zero-order valence-electron chi connectivity index (χ0n) is 9.94. The van der Waals surface area contributed by atoms with Crippen LogP contribution in [0.25, 0.3) is 0 Å². The second-order valence-corrected chi connectivity index (χ2v) is 5.64. The normalized spacial score (nSPS) is 31.6. The quantitative estimate of drug-likeness (QED) is 0.779. The van der Waals surface area contributed by atoms with Gasteiger partial charge in [-0.15, -0.1) is 10.2 Å². The summed E-state index contributed by atoms with van der Waals surface area (Å²) in [4.78, 5) is 23.4. The van der Waals surface area contributed by atoms with E-state index in [-0.39, 0.29) is 5.91 Å². The number of hydrogen-bond acceptors (Lipinski definition) is 6. The number of carboxylic acid groups (broad SMARTS) is 1. The van der Waals surface area contributed by atoms with Crippen LogP contribution in [0.1, 0.15) is 5.01 Å². The zero-order valence-corrected chi connectivity index (χ0v) is 10.8. The molecule has 100 valence electrons. The first-order valence-corrected chi connectivity index (χ1v) is 6.55. The molecule has 1 aromatic heterocycles. The van der Waals surface area contributed by atoms with Crippen molar-refractivity contribution < 1.29 is 19.4 Å². The van der Waals surface area contributed by atoms with Gasteiger partial charge in [0.05, 0.1) is 18.1 Å².